The molecule has 1 N–H and O–H groups in total. The molecule has 1 fully saturated rings. The van der Waals surface area contributed by atoms with Crippen molar-refractivity contribution in [1.29, 1.82) is 0 Å². The third-order valence-corrected chi connectivity index (χ3v) is 5.24. The molecule has 1 aliphatic rings. The minimum Gasteiger partial charge on any atom is -0.339 e. The standard InChI is InChI=1S/C24H26FN3O3/c1-27(17-22(29)26-21-9-5-8-20(25)16-21)24(31)19-12-14-28(15-13-19)23(30)11-10-18-6-3-2-4-7-18/h2-11,16,19H,12-15,17H2,1H3,(H,26,29)/b11-10+. The van der Waals surface area contributed by atoms with Gasteiger partial charge in [-0.3, -0.25) is 14.4 Å². The lowest BCUT2D eigenvalue weighted by Crippen LogP contribution is -2.44. The predicted octanol–water partition coefficient (Wildman–Crippen LogP) is 3.17. The number of hydrogen-bond acceptors (Lipinski definition) is 3. The molecule has 0 radical (unpaired) electrons. The van der Waals surface area contributed by atoms with E-state index in [-0.39, 0.29) is 30.2 Å². The Balaban J connectivity index is 1.45. The van der Waals surface area contributed by atoms with Crippen molar-refractivity contribution >= 4 is 29.5 Å². The van der Waals surface area contributed by atoms with Gasteiger partial charge in [-0.15, -0.1) is 0 Å². The molecule has 0 atom stereocenters. The summed E-state index contributed by atoms with van der Waals surface area (Å²) in [5.74, 6) is -1.25. The van der Waals surface area contributed by atoms with Gasteiger partial charge in [0.05, 0.1) is 6.54 Å². The molecule has 2 aromatic carbocycles. The van der Waals surface area contributed by atoms with Gasteiger partial charge in [0.1, 0.15) is 5.82 Å². The monoisotopic (exact) mass is 423 g/mol. The second kappa shape index (κ2) is 10.5. The van der Waals surface area contributed by atoms with E-state index in [4.69, 9.17) is 0 Å². The van der Waals surface area contributed by atoms with Crippen LogP contribution in [0.25, 0.3) is 6.08 Å². The number of halogens is 1. The number of nitrogens with zero attached hydrogens (tertiary/aromatic N) is 2. The van der Waals surface area contributed by atoms with Crippen LogP contribution in [0.3, 0.4) is 0 Å². The summed E-state index contributed by atoms with van der Waals surface area (Å²) >= 11 is 0. The molecule has 0 unspecified atom stereocenters. The van der Waals surface area contributed by atoms with Crippen LogP contribution in [0.5, 0.6) is 0 Å². The molecule has 1 heterocycles. The average molecular weight is 423 g/mol. The number of benzene rings is 2. The number of carbonyl (C=O) groups excluding carboxylic acids is 3. The van der Waals surface area contributed by atoms with Gasteiger partial charge < -0.3 is 15.1 Å². The minimum atomic E-state index is -0.442. The van der Waals surface area contributed by atoms with Gasteiger partial charge in [-0.05, 0) is 42.7 Å². The zero-order valence-electron chi connectivity index (χ0n) is 17.5. The number of piperidine rings is 1. The van der Waals surface area contributed by atoms with Crippen LogP contribution >= 0.6 is 0 Å². The van der Waals surface area contributed by atoms with Crippen molar-refractivity contribution in [3.63, 3.8) is 0 Å². The Morgan fingerprint density at radius 1 is 1.10 bits per heavy atom. The smallest absolute Gasteiger partial charge is 0.246 e. The van der Waals surface area contributed by atoms with E-state index in [1.54, 1.807) is 30.2 Å². The topological polar surface area (TPSA) is 69.7 Å². The zero-order valence-corrected chi connectivity index (χ0v) is 17.5. The fourth-order valence-electron chi connectivity index (χ4n) is 3.56. The fourth-order valence-corrected chi connectivity index (χ4v) is 3.56. The Morgan fingerprint density at radius 3 is 2.48 bits per heavy atom. The van der Waals surface area contributed by atoms with Gasteiger partial charge in [0, 0.05) is 37.8 Å². The van der Waals surface area contributed by atoms with Crippen molar-refractivity contribution in [2.45, 2.75) is 12.8 Å². The highest BCUT2D eigenvalue weighted by molar-refractivity contribution is 5.95. The van der Waals surface area contributed by atoms with Crippen molar-refractivity contribution in [3.05, 3.63) is 72.1 Å². The van der Waals surface area contributed by atoms with Gasteiger partial charge in [0.15, 0.2) is 0 Å². The van der Waals surface area contributed by atoms with Crippen LogP contribution in [0.1, 0.15) is 18.4 Å². The Hall–Kier alpha value is -3.48. The maximum absolute atomic E-state index is 13.2. The molecule has 0 spiro atoms. The predicted molar refractivity (Wildman–Crippen MR) is 117 cm³/mol. The molecule has 0 bridgehead atoms. The molecule has 7 heteroatoms. The van der Waals surface area contributed by atoms with E-state index >= 15 is 0 Å². The summed E-state index contributed by atoms with van der Waals surface area (Å²) in [7, 11) is 1.58. The zero-order chi connectivity index (χ0) is 22.2. The van der Waals surface area contributed by atoms with Gasteiger partial charge in [0.2, 0.25) is 17.7 Å². The SMILES string of the molecule is CN(CC(=O)Nc1cccc(F)c1)C(=O)C1CCN(C(=O)/C=C/c2ccccc2)CC1. The molecule has 1 aliphatic heterocycles. The van der Waals surface area contributed by atoms with Crippen LogP contribution in [0.15, 0.2) is 60.7 Å². The van der Waals surface area contributed by atoms with Crippen molar-refractivity contribution in [2.24, 2.45) is 5.92 Å². The number of carbonyl (C=O) groups is 3. The first-order chi connectivity index (χ1) is 14.9. The molecule has 0 aromatic heterocycles. The number of likely N-dealkylation sites (N-methyl/N-ethyl adjacent to an activating group) is 1. The number of nitrogens with one attached hydrogen (secondary N) is 1. The molecular weight excluding hydrogens is 397 g/mol. The Labute approximate surface area is 181 Å². The first-order valence-electron chi connectivity index (χ1n) is 10.2. The highest BCUT2D eigenvalue weighted by Gasteiger charge is 2.29. The molecule has 0 saturated carbocycles. The maximum atomic E-state index is 13.2. The molecule has 6 nitrogen and oxygen atoms in total. The molecule has 2 aromatic rings. The van der Waals surface area contributed by atoms with Crippen LogP contribution in [0.2, 0.25) is 0 Å². The molecule has 162 valence electrons. The Bertz CT molecular complexity index is 954. The number of anilines is 1. The lowest BCUT2D eigenvalue weighted by Gasteiger charge is -2.32. The molecule has 0 aliphatic carbocycles. The average Bonchev–Trinajstić information content (AvgIpc) is 2.77. The van der Waals surface area contributed by atoms with Crippen molar-refractivity contribution in [1.82, 2.24) is 9.80 Å². The van der Waals surface area contributed by atoms with Crippen molar-refractivity contribution in [3.8, 4) is 0 Å². The number of rotatable bonds is 6. The second-order valence-corrected chi connectivity index (χ2v) is 7.60. The van der Waals surface area contributed by atoms with Crippen LogP contribution < -0.4 is 5.32 Å². The van der Waals surface area contributed by atoms with Gasteiger partial charge in [0.25, 0.3) is 0 Å². The van der Waals surface area contributed by atoms with E-state index in [2.05, 4.69) is 5.32 Å². The summed E-state index contributed by atoms with van der Waals surface area (Å²) in [5, 5.41) is 2.59. The summed E-state index contributed by atoms with van der Waals surface area (Å²) in [6.07, 6.45) is 4.45. The summed E-state index contributed by atoms with van der Waals surface area (Å²) < 4.78 is 13.2. The first kappa shape index (κ1) is 22.2. The van der Waals surface area contributed by atoms with E-state index in [0.717, 1.165) is 5.56 Å². The third-order valence-electron chi connectivity index (χ3n) is 5.24. The molecule has 1 saturated heterocycles. The van der Waals surface area contributed by atoms with Crippen LogP contribution in [-0.4, -0.2) is 54.2 Å². The fraction of sp³-hybridized carbons (Fsp3) is 0.292. The van der Waals surface area contributed by atoms with E-state index in [0.29, 0.717) is 31.6 Å². The van der Waals surface area contributed by atoms with Gasteiger partial charge in [-0.25, -0.2) is 4.39 Å². The highest BCUT2D eigenvalue weighted by atomic mass is 19.1. The third kappa shape index (κ3) is 6.50. The van der Waals surface area contributed by atoms with Gasteiger partial charge in [-0.2, -0.15) is 0 Å². The number of likely N-dealkylation sites (tertiary alicyclic amines) is 1. The lowest BCUT2D eigenvalue weighted by molar-refractivity contribution is -0.140. The largest absolute Gasteiger partial charge is 0.339 e. The molecular formula is C24H26FN3O3. The van der Waals surface area contributed by atoms with E-state index in [1.807, 2.05) is 30.3 Å². The van der Waals surface area contributed by atoms with E-state index < -0.39 is 5.82 Å². The number of amides is 3. The van der Waals surface area contributed by atoms with Crippen LogP contribution in [0.4, 0.5) is 10.1 Å². The van der Waals surface area contributed by atoms with Crippen molar-refractivity contribution in [2.75, 3.05) is 32.0 Å². The molecule has 3 amide bonds. The lowest BCUT2D eigenvalue weighted by atomic mass is 9.95. The molecule has 31 heavy (non-hydrogen) atoms. The summed E-state index contributed by atoms with van der Waals surface area (Å²) in [6, 6.07) is 15.2. The summed E-state index contributed by atoms with van der Waals surface area (Å²) in [5.41, 5.74) is 1.31. The quantitative estimate of drug-likeness (QED) is 0.726. The molecule has 3 rings (SSSR count). The Kier molecular flexibility index (Phi) is 7.54. The highest BCUT2D eigenvalue weighted by Crippen LogP contribution is 2.20. The normalized spacial score (nSPS) is 14.5. The summed E-state index contributed by atoms with van der Waals surface area (Å²) in [4.78, 5) is 40.4. The maximum Gasteiger partial charge on any atom is 0.246 e. The van der Waals surface area contributed by atoms with Crippen LogP contribution in [-0.2, 0) is 14.4 Å². The second-order valence-electron chi connectivity index (χ2n) is 7.60. The first-order valence-corrected chi connectivity index (χ1v) is 10.2. The summed E-state index contributed by atoms with van der Waals surface area (Å²) in [6.45, 7) is 0.879. The van der Waals surface area contributed by atoms with E-state index in [9.17, 15) is 18.8 Å². The van der Waals surface area contributed by atoms with Gasteiger partial charge >= 0.3 is 0 Å². The Morgan fingerprint density at radius 2 is 1.81 bits per heavy atom. The van der Waals surface area contributed by atoms with Gasteiger partial charge in [-0.1, -0.05) is 36.4 Å². The minimum absolute atomic E-state index is 0.0717. The number of hydrogen-bond donors (Lipinski definition) is 1. The van der Waals surface area contributed by atoms with E-state index in [1.165, 1.54) is 23.1 Å². The van der Waals surface area contributed by atoms with Crippen LogP contribution in [0, 0.1) is 11.7 Å². The van der Waals surface area contributed by atoms with Crippen molar-refractivity contribution < 1.29 is 18.8 Å².